The van der Waals surface area contributed by atoms with Crippen LogP contribution in [-0.2, 0) is 19.3 Å². The highest BCUT2D eigenvalue weighted by Gasteiger charge is 2.49. The van der Waals surface area contributed by atoms with Crippen molar-refractivity contribution >= 4 is 22.0 Å². The van der Waals surface area contributed by atoms with Crippen molar-refractivity contribution in [2.45, 2.75) is 96.0 Å². The zero-order valence-electron chi connectivity index (χ0n) is 21.7. The van der Waals surface area contributed by atoms with E-state index in [2.05, 4.69) is 4.90 Å². The minimum absolute atomic E-state index is 0.0474. The summed E-state index contributed by atoms with van der Waals surface area (Å²) in [5, 5.41) is 0. The summed E-state index contributed by atoms with van der Waals surface area (Å²) in [6.45, 7) is 7.49. The second kappa shape index (κ2) is 10.8. The van der Waals surface area contributed by atoms with Crippen molar-refractivity contribution in [1.29, 1.82) is 0 Å². The number of hydrogen-bond donors (Lipinski definition) is 0. The molecule has 200 valence electrons. The predicted molar refractivity (Wildman–Crippen MR) is 133 cm³/mol. The molecule has 4 atom stereocenters. The fourth-order valence-corrected chi connectivity index (χ4v) is 8.24. The summed E-state index contributed by atoms with van der Waals surface area (Å²) in [6, 6.07) is 0.263. The van der Waals surface area contributed by atoms with E-state index in [9.17, 15) is 18.0 Å². The van der Waals surface area contributed by atoms with Crippen molar-refractivity contribution in [2.75, 3.05) is 38.2 Å². The Morgan fingerprint density at radius 2 is 1.51 bits per heavy atom. The van der Waals surface area contributed by atoms with Crippen LogP contribution in [0.15, 0.2) is 0 Å². The molecule has 0 aromatic rings. The Morgan fingerprint density at radius 3 is 2.11 bits per heavy atom. The number of amides is 2. The smallest absolute Gasteiger partial charge is 0.410 e. The number of hydrogen-bond acceptors (Lipinski definition) is 7. The second-order valence-electron chi connectivity index (χ2n) is 11.3. The van der Waals surface area contributed by atoms with E-state index < -0.39 is 9.84 Å². The largest absolute Gasteiger partial charge is 0.453 e. The maximum Gasteiger partial charge on any atom is 0.410 e. The molecule has 0 spiro atoms. The normalized spacial score (nSPS) is 35.9. The van der Waals surface area contributed by atoms with Gasteiger partial charge in [-0.05, 0) is 77.6 Å². The van der Waals surface area contributed by atoms with Crippen molar-refractivity contribution in [2.24, 2.45) is 11.8 Å². The third-order valence-electron chi connectivity index (χ3n) is 8.77. The number of nitrogens with zero attached hydrogens (tertiary/aromatic N) is 3. The first kappa shape index (κ1) is 26.5. The lowest BCUT2D eigenvalue weighted by Crippen LogP contribution is -2.67. The zero-order chi connectivity index (χ0) is 25.3. The van der Waals surface area contributed by atoms with E-state index in [4.69, 9.17) is 9.47 Å². The second-order valence-corrected chi connectivity index (χ2v) is 13.6. The molecule has 2 saturated carbocycles. The van der Waals surface area contributed by atoms with Gasteiger partial charge in [-0.3, -0.25) is 9.80 Å². The molecule has 2 aliphatic carbocycles. The molecule has 0 radical (unpaired) electrons. The lowest BCUT2D eigenvalue weighted by molar-refractivity contribution is -0.0478. The molecule has 2 heterocycles. The average molecular weight is 514 g/mol. The highest BCUT2D eigenvalue weighted by molar-refractivity contribution is 7.91. The highest BCUT2D eigenvalue weighted by Crippen LogP contribution is 2.43. The quantitative estimate of drug-likeness (QED) is 0.572. The van der Waals surface area contributed by atoms with Gasteiger partial charge in [0, 0.05) is 25.7 Å². The lowest BCUT2D eigenvalue weighted by atomic mass is 9.69. The first-order valence-electron chi connectivity index (χ1n) is 13.4. The van der Waals surface area contributed by atoms with Gasteiger partial charge in [-0.1, -0.05) is 0 Å². The van der Waals surface area contributed by atoms with Crippen LogP contribution in [0.1, 0.15) is 65.7 Å². The minimum atomic E-state index is -2.85. The lowest BCUT2D eigenvalue weighted by Gasteiger charge is -2.54. The van der Waals surface area contributed by atoms with E-state index in [1.807, 2.05) is 30.6 Å². The minimum Gasteiger partial charge on any atom is -0.453 e. The van der Waals surface area contributed by atoms with Gasteiger partial charge in [0.25, 0.3) is 0 Å². The van der Waals surface area contributed by atoms with Gasteiger partial charge in [0.2, 0.25) is 0 Å². The number of sulfone groups is 1. The zero-order valence-corrected chi connectivity index (χ0v) is 22.5. The Kier molecular flexibility index (Phi) is 8.20. The molecule has 3 unspecified atom stereocenters. The molecule has 0 aromatic carbocycles. The molecule has 2 amide bonds. The van der Waals surface area contributed by atoms with E-state index in [1.165, 1.54) is 7.11 Å². The average Bonchev–Trinajstić information content (AvgIpc) is 2.82. The van der Waals surface area contributed by atoms with Gasteiger partial charge in [-0.2, -0.15) is 0 Å². The van der Waals surface area contributed by atoms with Crippen LogP contribution in [0.4, 0.5) is 9.59 Å². The van der Waals surface area contributed by atoms with Crippen molar-refractivity contribution in [3.63, 3.8) is 0 Å². The molecular formula is C25H43N3O6S. The third-order valence-corrected chi connectivity index (χ3v) is 10.4. The summed E-state index contributed by atoms with van der Waals surface area (Å²) in [6.07, 6.45) is 6.52. The number of rotatable bonds is 3. The highest BCUT2D eigenvalue weighted by atomic mass is 32.2. The van der Waals surface area contributed by atoms with E-state index in [0.717, 1.165) is 44.9 Å². The van der Waals surface area contributed by atoms with E-state index in [0.29, 0.717) is 37.5 Å². The number of methoxy groups -OCH3 is 1. The molecule has 0 N–H and O–H groups in total. The SMILES string of the molecule is COC(=O)N1C2CCC(C3CCC(N4CCS(=O)(=O)CC4)CC3)CC2N(C(=O)OC(C)C)C[C@@H]1C. The third kappa shape index (κ3) is 5.89. The van der Waals surface area contributed by atoms with Gasteiger partial charge in [-0.25, -0.2) is 18.0 Å². The Hall–Kier alpha value is -1.55. The molecule has 10 heteroatoms. The fraction of sp³-hybridized carbons (Fsp3) is 0.920. The molecule has 2 saturated heterocycles. The van der Waals surface area contributed by atoms with Crippen molar-refractivity contribution in [3.05, 3.63) is 0 Å². The van der Waals surface area contributed by atoms with Crippen LogP contribution in [0, 0.1) is 11.8 Å². The van der Waals surface area contributed by atoms with Crippen LogP contribution < -0.4 is 0 Å². The number of carbonyl (C=O) groups is 2. The van der Waals surface area contributed by atoms with Crippen molar-refractivity contribution in [1.82, 2.24) is 14.7 Å². The standard InChI is InChI=1S/C25H43N3O6S/c1-17(2)34-24(29)27-16-18(3)28(25(30)33-4)22-10-7-20(15-23(22)27)19-5-8-21(9-6-19)26-11-13-35(31,32)14-12-26/h17-23H,5-16H2,1-4H3/t18-,19?,20?,21?,22?,23?/m0/s1. The molecule has 4 aliphatic rings. The monoisotopic (exact) mass is 513 g/mol. The van der Waals surface area contributed by atoms with Gasteiger partial charge in [0.1, 0.15) is 0 Å². The summed E-state index contributed by atoms with van der Waals surface area (Å²) >= 11 is 0. The Morgan fingerprint density at radius 1 is 0.886 bits per heavy atom. The maximum absolute atomic E-state index is 13.0. The van der Waals surface area contributed by atoms with Gasteiger partial charge >= 0.3 is 12.2 Å². The van der Waals surface area contributed by atoms with Gasteiger partial charge in [-0.15, -0.1) is 0 Å². The predicted octanol–water partition coefficient (Wildman–Crippen LogP) is 3.13. The van der Waals surface area contributed by atoms with E-state index in [1.54, 1.807) is 0 Å². The van der Waals surface area contributed by atoms with Gasteiger partial charge < -0.3 is 14.4 Å². The van der Waals surface area contributed by atoms with Crippen molar-refractivity contribution in [3.8, 4) is 0 Å². The van der Waals surface area contributed by atoms with Crippen LogP contribution in [-0.4, -0.2) is 104 Å². The van der Waals surface area contributed by atoms with Crippen LogP contribution in [0.2, 0.25) is 0 Å². The molecular weight excluding hydrogens is 470 g/mol. The molecule has 0 aromatic heterocycles. The topological polar surface area (TPSA) is 96.5 Å². The first-order chi connectivity index (χ1) is 16.6. The molecule has 9 nitrogen and oxygen atoms in total. The molecule has 4 rings (SSSR count). The first-order valence-corrected chi connectivity index (χ1v) is 15.2. The molecule has 2 aliphatic heterocycles. The number of ether oxygens (including phenoxy) is 2. The van der Waals surface area contributed by atoms with Gasteiger partial charge in [0.15, 0.2) is 9.84 Å². The molecule has 35 heavy (non-hydrogen) atoms. The van der Waals surface area contributed by atoms with Crippen LogP contribution in [0.25, 0.3) is 0 Å². The summed E-state index contributed by atoms with van der Waals surface area (Å²) < 4.78 is 34.3. The van der Waals surface area contributed by atoms with E-state index in [-0.39, 0.29) is 47.9 Å². The number of carbonyl (C=O) groups excluding carboxylic acids is 2. The Balaban J connectivity index is 1.41. The molecule has 0 bridgehead atoms. The summed E-state index contributed by atoms with van der Waals surface area (Å²) in [7, 11) is -1.43. The summed E-state index contributed by atoms with van der Waals surface area (Å²) in [5.41, 5.74) is 0. The van der Waals surface area contributed by atoms with Crippen LogP contribution >= 0.6 is 0 Å². The maximum atomic E-state index is 13.0. The van der Waals surface area contributed by atoms with E-state index >= 15 is 0 Å². The van der Waals surface area contributed by atoms with Crippen LogP contribution in [0.3, 0.4) is 0 Å². The van der Waals surface area contributed by atoms with Crippen LogP contribution in [0.5, 0.6) is 0 Å². The fourth-order valence-electron chi connectivity index (χ4n) is 7.01. The summed E-state index contributed by atoms with van der Waals surface area (Å²) in [5.74, 6) is 1.70. The Bertz CT molecular complexity index is 858. The Labute approximate surface area is 210 Å². The van der Waals surface area contributed by atoms with Crippen molar-refractivity contribution < 1.29 is 27.5 Å². The summed E-state index contributed by atoms with van der Waals surface area (Å²) in [4.78, 5) is 31.8. The number of fused-ring (bicyclic) bond motifs is 1. The van der Waals surface area contributed by atoms with Gasteiger partial charge in [0.05, 0.1) is 42.8 Å². The number of piperazine rings is 1. The molecule has 4 fully saturated rings.